The number of esters is 1. The maximum Gasteiger partial charge on any atom is 0.376 e. The summed E-state index contributed by atoms with van der Waals surface area (Å²) in [6, 6.07) is 5.25. The van der Waals surface area contributed by atoms with E-state index in [0.717, 1.165) is 0 Å². The van der Waals surface area contributed by atoms with Crippen LogP contribution in [0.1, 0.15) is 29.5 Å². The Morgan fingerprint density at radius 3 is 2.68 bits per heavy atom. The summed E-state index contributed by atoms with van der Waals surface area (Å²) in [6.07, 6.45) is 2.22. The number of fused-ring (bicyclic) bond motifs is 1. The Balaban J connectivity index is 2.01. The molecule has 1 aromatic rings. The maximum absolute atomic E-state index is 12.0. The third-order valence-corrected chi connectivity index (χ3v) is 4.21. The van der Waals surface area contributed by atoms with E-state index in [9.17, 15) is 4.79 Å². The van der Waals surface area contributed by atoms with Crippen molar-refractivity contribution in [2.45, 2.75) is 19.9 Å². The molecule has 2 N–H and O–H groups in total. The number of benzene rings is 1. The second kappa shape index (κ2) is 7.25. The van der Waals surface area contributed by atoms with Crippen molar-refractivity contribution in [3.05, 3.63) is 46.0 Å². The summed E-state index contributed by atoms with van der Waals surface area (Å²) in [7, 11) is 0. The Bertz CT molecular complexity index is 876. The van der Waals surface area contributed by atoms with E-state index in [4.69, 9.17) is 33.7 Å². The predicted molar refractivity (Wildman–Crippen MR) is 95.0 cm³/mol. The summed E-state index contributed by atoms with van der Waals surface area (Å²) >= 11 is 12.4. The molecule has 9 heteroatoms. The lowest BCUT2D eigenvalue weighted by Crippen LogP contribution is -2.10. The molecule has 2 aliphatic heterocycles. The minimum atomic E-state index is -0.597. The van der Waals surface area contributed by atoms with Crippen LogP contribution >= 0.6 is 23.2 Å². The van der Waals surface area contributed by atoms with Crippen LogP contribution in [0.4, 0.5) is 5.82 Å². The van der Waals surface area contributed by atoms with Crippen LogP contribution in [0, 0.1) is 0 Å². The van der Waals surface area contributed by atoms with Crippen molar-refractivity contribution >= 4 is 35.0 Å². The second-order valence-corrected chi connectivity index (χ2v) is 6.13. The van der Waals surface area contributed by atoms with Gasteiger partial charge in [-0.05, 0) is 18.6 Å². The number of imidazole rings is 1. The lowest BCUT2D eigenvalue weighted by molar-refractivity contribution is 0.0492. The highest BCUT2D eigenvalue weighted by Gasteiger charge is 2.23. The van der Waals surface area contributed by atoms with Crippen molar-refractivity contribution < 1.29 is 9.53 Å². The van der Waals surface area contributed by atoms with Gasteiger partial charge in [0.2, 0.25) is 5.82 Å². The van der Waals surface area contributed by atoms with Crippen LogP contribution in [0.2, 0.25) is 10.0 Å². The number of hydrogen-bond donors (Lipinski definition) is 1. The number of nitrogens with two attached hydrogens (primary N) is 1. The molecule has 2 heterocycles. The standard InChI is InChI=1S/C16H15Cl2N5O2/c1-2-6-25-16(24)14-21-12-13(19)20-8-23(15(12)22-14)7-9-10(17)4-3-5-11(9)18/h3-5,8H,2,6-7,19H2,1H3. The van der Waals surface area contributed by atoms with Gasteiger partial charge in [0.25, 0.3) is 0 Å². The van der Waals surface area contributed by atoms with Gasteiger partial charge in [0, 0.05) is 15.6 Å². The van der Waals surface area contributed by atoms with E-state index in [1.54, 1.807) is 22.8 Å². The van der Waals surface area contributed by atoms with Crippen LogP contribution in [0.3, 0.4) is 0 Å². The molecule has 0 saturated carbocycles. The number of aromatic nitrogens is 4. The summed E-state index contributed by atoms with van der Waals surface area (Å²) in [5, 5.41) is 1.04. The van der Waals surface area contributed by atoms with Gasteiger partial charge in [-0.25, -0.2) is 19.7 Å². The average Bonchev–Trinajstić information content (AvgIpc) is 3.04. The summed E-state index contributed by atoms with van der Waals surface area (Å²) < 4.78 is 6.75. The number of hydrogen-bond acceptors (Lipinski definition) is 6. The van der Waals surface area contributed by atoms with Crippen LogP contribution in [0.25, 0.3) is 11.5 Å². The first-order chi connectivity index (χ1) is 12.0. The predicted octanol–water partition coefficient (Wildman–Crippen LogP) is 3.28. The van der Waals surface area contributed by atoms with Crippen LogP contribution in [-0.2, 0) is 11.3 Å². The van der Waals surface area contributed by atoms with Gasteiger partial charge in [0.15, 0.2) is 17.3 Å². The number of nitrogens with zero attached hydrogens (tertiary/aromatic N) is 4. The molecule has 0 radical (unpaired) electrons. The lowest BCUT2D eigenvalue weighted by atomic mass is 10.2. The van der Waals surface area contributed by atoms with Gasteiger partial charge in [0.05, 0.1) is 19.5 Å². The third kappa shape index (κ3) is 3.52. The van der Waals surface area contributed by atoms with Gasteiger partial charge in [-0.3, -0.25) is 0 Å². The molecule has 0 fully saturated rings. The first kappa shape index (κ1) is 17.4. The monoisotopic (exact) mass is 379 g/mol. The number of rotatable bonds is 5. The highest BCUT2D eigenvalue weighted by Crippen LogP contribution is 2.29. The van der Waals surface area contributed by atoms with Crippen molar-refractivity contribution in [1.29, 1.82) is 0 Å². The van der Waals surface area contributed by atoms with E-state index >= 15 is 0 Å². The van der Waals surface area contributed by atoms with Crippen molar-refractivity contribution in [2.24, 2.45) is 0 Å². The molecule has 2 aliphatic rings. The Labute approximate surface area is 154 Å². The molecule has 0 bridgehead atoms. The molecule has 25 heavy (non-hydrogen) atoms. The molecular formula is C16H15Cl2N5O2. The van der Waals surface area contributed by atoms with Crippen molar-refractivity contribution in [3.63, 3.8) is 0 Å². The Morgan fingerprint density at radius 2 is 2.00 bits per heavy atom. The topological polar surface area (TPSA) is 95.9 Å². The number of anilines is 1. The minimum absolute atomic E-state index is 0.0536. The van der Waals surface area contributed by atoms with Crippen molar-refractivity contribution in [3.8, 4) is 11.5 Å². The molecule has 3 rings (SSSR count). The van der Waals surface area contributed by atoms with E-state index in [2.05, 4.69) is 15.0 Å². The Hall–Kier alpha value is -2.38. The minimum Gasteiger partial charge on any atom is -0.460 e. The molecule has 7 nitrogen and oxygen atoms in total. The first-order valence-corrected chi connectivity index (χ1v) is 8.35. The van der Waals surface area contributed by atoms with Crippen LogP contribution in [0.5, 0.6) is 0 Å². The molecule has 0 aliphatic carbocycles. The van der Waals surface area contributed by atoms with Crippen LogP contribution in [-0.4, -0.2) is 32.1 Å². The zero-order valence-corrected chi connectivity index (χ0v) is 14.9. The fourth-order valence-corrected chi connectivity index (χ4v) is 2.79. The van der Waals surface area contributed by atoms with E-state index in [1.165, 1.54) is 6.33 Å². The van der Waals surface area contributed by atoms with Gasteiger partial charge in [0.1, 0.15) is 0 Å². The lowest BCUT2D eigenvalue weighted by Gasteiger charge is -2.13. The molecule has 1 aromatic carbocycles. The Kier molecular flexibility index (Phi) is 5.06. The molecular weight excluding hydrogens is 365 g/mol. The number of halogens is 2. The Morgan fingerprint density at radius 1 is 1.28 bits per heavy atom. The normalized spacial score (nSPS) is 11.0. The summed E-state index contributed by atoms with van der Waals surface area (Å²) in [5.74, 6) is -0.0626. The van der Waals surface area contributed by atoms with Gasteiger partial charge in [-0.2, -0.15) is 0 Å². The smallest absolute Gasteiger partial charge is 0.376 e. The largest absolute Gasteiger partial charge is 0.460 e. The van der Waals surface area contributed by atoms with Gasteiger partial charge in [-0.15, -0.1) is 0 Å². The summed E-state index contributed by atoms with van der Waals surface area (Å²) in [6.45, 7) is 2.51. The van der Waals surface area contributed by atoms with E-state index in [1.807, 2.05) is 6.92 Å². The SMILES string of the molecule is CCCOC(=O)c1nc2c(N)ncn(Cc3c(Cl)cccc3Cl)c-2n1. The van der Waals surface area contributed by atoms with E-state index < -0.39 is 5.97 Å². The fraction of sp³-hybridized carbons (Fsp3) is 0.250. The van der Waals surface area contributed by atoms with E-state index in [-0.39, 0.29) is 11.6 Å². The molecule has 0 aromatic heterocycles. The van der Waals surface area contributed by atoms with Gasteiger partial charge < -0.3 is 15.0 Å². The second-order valence-electron chi connectivity index (χ2n) is 5.31. The molecule has 0 amide bonds. The van der Waals surface area contributed by atoms with Crippen molar-refractivity contribution in [2.75, 3.05) is 12.3 Å². The summed E-state index contributed by atoms with van der Waals surface area (Å²) in [4.78, 5) is 24.5. The first-order valence-electron chi connectivity index (χ1n) is 7.59. The van der Waals surface area contributed by atoms with E-state index in [0.29, 0.717) is 46.7 Å². The van der Waals surface area contributed by atoms with Crippen molar-refractivity contribution in [1.82, 2.24) is 19.5 Å². The molecule has 0 unspecified atom stereocenters. The van der Waals surface area contributed by atoms with Crippen LogP contribution < -0.4 is 5.73 Å². The zero-order chi connectivity index (χ0) is 18.0. The van der Waals surface area contributed by atoms with Gasteiger partial charge >= 0.3 is 5.97 Å². The molecule has 0 spiro atoms. The van der Waals surface area contributed by atoms with Gasteiger partial charge in [-0.1, -0.05) is 36.2 Å². The molecule has 0 atom stereocenters. The zero-order valence-electron chi connectivity index (χ0n) is 13.4. The molecule has 0 saturated heterocycles. The average molecular weight is 380 g/mol. The highest BCUT2D eigenvalue weighted by atomic mass is 35.5. The number of ether oxygens (including phenoxy) is 1. The third-order valence-electron chi connectivity index (χ3n) is 3.50. The highest BCUT2D eigenvalue weighted by molar-refractivity contribution is 6.35. The number of nitrogen functional groups attached to an aromatic ring is 1. The quantitative estimate of drug-likeness (QED) is 0.683. The summed E-state index contributed by atoms with van der Waals surface area (Å²) in [5.41, 5.74) is 6.90. The maximum atomic E-state index is 12.0. The fourth-order valence-electron chi connectivity index (χ4n) is 2.27. The number of carbonyl (C=O) groups is 1. The number of carbonyl (C=O) groups excluding carboxylic acids is 1. The molecule has 130 valence electrons. The van der Waals surface area contributed by atoms with Crippen LogP contribution in [0.15, 0.2) is 24.5 Å².